The Morgan fingerprint density at radius 1 is 0.881 bits per heavy atom. The SMILES string of the molecule is Cc1ccc(CN2CCC(c3ccc4sc(C(=O)N5CCN(Cc6ccc(C(F)(F)F)cc6)CC5)nc4c3)CC2)cn1. The summed E-state index contributed by atoms with van der Waals surface area (Å²) in [6, 6.07) is 16.0. The molecule has 2 aromatic heterocycles. The number of carbonyl (C=O) groups excluding carboxylic acids is 1. The van der Waals surface area contributed by atoms with Crippen LogP contribution in [0.1, 0.15) is 56.5 Å². The summed E-state index contributed by atoms with van der Waals surface area (Å²) in [5, 5.41) is 0.514. The molecule has 6 nitrogen and oxygen atoms in total. The number of fused-ring (bicyclic) bond motifs is 1. The van der Waals surface area contributed by atoms with Crippen LogP contribution >= 0.6 is 11.3 Å². The molecule has 2 saturated heterocycles. The number of aromatic nitrogens is 2. The van der Waals surface area contributed by atoms with Gasteiger partial charge in [0.2, 0.25) is 0 Å². The van der Waals surface area contributed by atoms with Gasteiger partial charge in [-0.3, -0.25) is 19.6 Å². The smallest absolute Gasteiger partial charge is 0.334 e. The molecule has 4 heterocycles. The van der Waals surface area contributed by atoms with Crippen molar-refractivity contribution in [2.24, 2.45) is 0 Å². The zero-order valence-electron chi connectivity index (χ0n) is 23.6. The lowest BCUT2D eigenvalue weighted by molar-refractivity contribution is -0.137. The number of hydrogen-bond acceptors (Lipinski definition) is 6. The molecular weight excluding hydrogens is 559 g/mol. The highest BCUT2D eigenvalue weighted by Crippen LogP contribution is 2.33. The van der Waals surface area contributed by atoms with E-state index < -0.39 is 11.7 Å². The lowest BCUT2D eigenvalue weighted by Crippen LogP contribution is -2.48. The number of alkyl halides is 3. The Balaban J connectivity index is 1.02. The highest BCUT2D eigenvalue weighted by Gasteiger charge is 2.30. The molecule has 2 fully saturated rings. The summed E-state index contributed by atoms with van der Waals surface area (Å²) in [4.78, 5) is 28.9. The summed E-state index contributed by atoms with van der Waals surface area (Å²) in [6.45, 7) is 8.06. The summed E-state index contributed by atoms with van der Waals surface area (Å²) in [5.41, 5.74) is 4.66. The number of hydrogen-bond donors (Lipinski definition) is 0. The molecule has 0 aliphatic carbocycles. The molecule has 0 saturated carbocycles. The topological polar surface area (TPSA) is 52.6 Å². The Labute approximate surface area is 247 Å². The molecule has 0 radical (unpaired) electrons. The van der Waals surface area contributed by atoms with Crippen molar-refractivity contribution in [3.8, 4) is 0 Å². The predicted octanol–water partition coefficient (Wildman–Crippen LogP) is 6.36. The van der Waals surface area contributed by atoms with E-state index in [2.05, 4.69) is 45.1 Å². The van der Waals surface area contributed by atoms with Gasteiger partial charge >= 0.3 is 6.18 Å². The van der Waals surface area contributed by atoms with Gasteiger partial charge in [-0.05, 0) is 85.8 Å². The fourth-order valence-corrected chi connectivity index (χ4v) is 6.78. The van der Waals surface area contributed by atoms with E-state index >= 15 is 0 Å². The van der Waals surface area contributed by atoms with Gasteiger partial charge in [-0.1, -0.05) is 24.3 Å². The minimum absolute atomic E-state index is 0.0502. The third-order valence-electron chi connectivity index (χ3n) is 8.38. The number of aryl methyl sites for hydroxylation is 1. The van der Waals surface area contributed by atoms with E-state index in [-0.39, 0.29) is 5.91 Å². The lowest BCUT2D eigenvalue weighted by atomic mass is 9.89. The maximum atomic E-state index is 13.3. The summed E-state index contributed by atoms with van der Waals surface area (Å²) < 4.78 is 39.5. The molecule has 4 aromatic rings. The zero-order chi connectivity index (χ0) is 29.3. The molecule has 0 N–H and O–H groups in total. The Hall–Kier alpha value is -3.34. The van der Waals surface area contributed by atoms with Gasteiger partial charge in [0.25, 0.3) is 5.91 Å². The quantitative estimate of drug-likeness (QED) is 0.261. The van der Waals surface area contributed by atoms with Crippen LogP contribution in [0.2, 0.25) is 0 Å². The zero-order valence-corrected chi connectivity index (χ0v) is 24.4. The van der Waals surface area contributed by atoms with Crippen LogP contribution in [-0.2, 0) is 19.3 Å². The van der Waals surface area contributed by atoms with E-state index in [1.54, 1.807) is 0 Å². The first-order valence-corrected chi connectivity index (χ1v) is 15.2. The van der Waals surface area contributed by atoms with Gasteiger partial charge in [0.15, 0.2) is 5.01 Å². The number of carbonyl (C=O) groups is 1. The summed E-state index contributed by atoms with van der Waals surface area (Å²) in [7, 11) is 0. The van der Waals surface area contributed by atoms with E-state index in [1.807, 2.05) is 18.0 Å². The largest absolute Gasteiger partial charge is 0.416 e. The molecular formula is C32H34F3N5OS. The van der Waals surface area contributed by atoms with Crippen LogP contribution in [0.4, 0.5) is 13.2 Å². The van der Waals surface area contributed by atoms with Gasteiger partial charge in [-0.25, -0.2) is 4.98 Å². The molecule has 10 heteroatoms. The fraction of sp³-hybridized carbons (Fsp3) is 0.406. The second-order valence-electron chi connectivity index (χ2n) is 11.4. The Morgan fingerprint density at radius 3 is 2.21 bits per heavy atom. The molecule has 0 atom stereocenters. The summed E-state index contributed by atoms with van der Waals surface area (Å²) in [6.07, 6.45) is -0.167. The van der Waals surface area contributed by atoms with Crippen molar-refractivity contribution < 1.29 is 18.0 Å². The first-order valence-electron chi connectivity index (χ1n) is 14.4. The minimum atomic E-state index is -4.33. The van der Waals surface area contributed by atoms with Gasteiger partial charge in [0.05, 0.1) is 15.8 Å². The number of piperidine rings is 1. The number of benzene rings is 2. The minimum Gasteiger partial charge on any atom is -0.334 e. The number of rotatable bonds is 6. The third-order valence-corrected chi connectivity index (χ3v) is 9.40. The highest BCUT2D eigenvalue weighted by molar-refractivity contribution is 7.20. The van der Waals surface area contributed by atoms with Gasteiger partial charge in [-0.2, -0.15) is 13.2 Å². The first kappa shape index (κ1) is 28.8. The molecule has 0 unspecified atom stereocenters. The van der Waals surface area contributed by atoms with E-state index in [1.165, 1.54) is 34.6 Å². The molecule has 42 heavy (non-hydrogen) atoms. The number of thiazole rings is 1. The van der Waals surface area contributed by atoms with Crippen molar-refractivity contribution in [1.29, 1.82) is 0 Å². The van der Waals surface area contributed by atoms with Gasteiger partial charge < -0.3 is 4.90 Å². The maximum Gasteiger partial charge on any atom is 0.416 e. The standard InChI is InChI=1S/C32H34F3N5OS/c1-22-2-3-24(19-36-22)21-38-12-10-25(11-13-38)26-6-9-29-28(18-26)37-30(42-29)31(41)40-16-14-39(15-17-40)20-23-4-7-27(8-5-23)32(33,34)35/h2-9,18-19,25H,10-17,20-21H2,1H3. The molecule has 2 aliphatic heterocycles. The fourth-order valence-electron chi connectivity index (χ4n) is 5.87. The molecule has 0 spiro atoms. The molecule has 6 rings (SSSR count). The molecule has 220 valence electrons. The Morgan fingerprint density at radius 2 is 1.55 bits per heavy atom. The summed E-state index contributed by atoms with van der Waals surface area (Å²) >= 11 is 1.44. The van der Waals surface area contributed by atoms with Crippen molar-refractivity contribution in [3.63, 3.8) is 0 Å². The van der Waals surface area contributed by atoms with Crippen LogP contribution in [0, 0.1) is 6.92 Å². The van der Waals surface area contributed by atoms with Crippen LogP contribution < -0.4 is 0 Å². The van der Waals surface area contributed by atoms with Crippen LogP contribution in [0.15, 0.2) is 60.8 Å². The average Bonchev–Trinajstić information content (AvgIpc) is 3.42. The first-order chi connectivity index (χ1) is 20.2. The van der Waals surface area contributed by atoms with Crippen LogP contribution in [0.25, 0.3) is 10.2 Å². The number of nitrogens with zero attached hydrogens (tertiary/aromatic N) is 5. The molecule has 2 aromatic carbocycles. The Kier molecular flexibility index (Phi) is 8.29. The van der Waals surface area contributed by atoms with Gasteiger partial charge in [0, 0.05) is 51.2 Å². The number of likely N-dealkylation sites (tertiary alicyclic amines) is 1. The van der Waals surface area contributed by atoms with Crippen molar-refractivity contribution in [1.82, 2.24) is 24.7 Å². The Bertz CT molecular complexity index is 1520. The van der Waals surface area contributed by atoms with Gasteiger partial charge in [0.1, 0.15) is 0 Å². The van der Waals surface area contributed by atoms with Crippen molar-refractivity contribution in [3.05, 3.63) is 93.7 Å². The molecule has 2 aliphatic rings. The van der Waals surface area contributed by atoms with E-state index in [0.29, 0.717) is 43.6 Å². The van der Waals surface area contributed by atoms with Crippen LogP contribution in [0.5, 0.6) is 0 Å². The molecule has 0 bridgehead atoms. The number of halogens is 3. The average molecular weight is 594 g/mol. The number of piperazine rings is 1. The maximum absolute atomic E-state index is 13.3. The summed E-state index contributed by atoms with van der Waals surface area (Å²) in [5.74, 6) is 0.436. The van der Waals surface area contributed by atoms with E-state index in [4.69, 9.17) is 4.98 Å². The number of amides is 1. The second-order valence-corrected chi connectivity index (χ2v) is 12.4. The monoisotopic (exact) mass is 593 g/mol. The second kappa shape index (κ2) is 12.1. The normalized spacial score (nSPS) is 17.7. The number of pyridine rings is 1. The van der Waals surface area contributed by atoms with Crippen molar-refractivity contribution >= 4 is 27.5 Å². The van der Waals surface area contributed by atoms with E-state index in [9.17, 15) is 18.0 Å². The van der Waals surface area contributed by atoms with Crippen molar-refractivity contribution in [2.45, 2.75) is 44.9 Å². The third kappa shape index (κ3) is 6.66. The molecule has 1 amide bonds. The van der Waals surface area contributed by atoms with Gasteiger partial charge in [-0.15, -0.1) is 11.3 Å². The predicted molar refractivity (Wildman–Crippen MR) is 158 cm³/mol. The van der Waals surface area contributed by atoms with Crippen LogP contribution in [0.3, 0.4) is 0 Å². The van der Waals surface area contributed by atoms with E-state index in [0.717, 1.165) is 66.1 Å². The van der Waals surface area contributed by atoms with Crippen LogP contribution in [-0.4, -0.2) is 69.8 Å². The lowest BCUT2D eigenvalue weighted by Gasteiger charge is -2.34. The van der Waals surface area contributed by atoms with Crippen molar-refractivity contribution in [2.75, 3.05) is 39.3 Å². The highest BCUT2D eigenvalue weighted by atomic mass is 32.1.